The van der Waals surface area contributed by atoms with Gasteiger partial charge in [-0.15, -0.1) is 0 Å². The molecule has 0 aliphatic rings. The highest BCUT2D eigenvalue weighted by Gasteiger charge is 2.60. The SMILES string of the molecule is CCC=CC(C(=O)O)([PH](=O)O)C(O)(Cc1ccc(F)cc1)c1ccc(C)c(-c2ccccc2)n1. The smallest absolute Gasteiger partial charge is 0.326 e. The van der Waals surface area contributed by atoms with E-state index in [1.54, 1.807) is 13.0 Å². The molecule has 3 rings (SSSR count). The number of nitrogens with zero attached hydrogens (tertiary/aromatic N) is 1. The van der Waals surface area contributed by atoms with Crippen molar-refractivity contribution in [3.05, 3.63) is 102 Å². The van der Waals surface area contributed by atoms with Crippen LogP contribution in [0.15, 0.2) is 78.9 Å². The van der Waals surface area contributed by atoms with Gasteiger partial charge in [0.25, 0.3) is 0 Å². The number of carboxylic acid groups (broad SMARTS) is 1. The second kappa shape index (κ2) is 10.4. The summed E-state index contributed by atoms with van der Waals surface area (Å²) in [4.78, 5) is 27.6. The topological polar surface area (TPSA) is 108 Å². The van der Waals surface area contributed by atoms with Gasteiger partial charge in [0.1, 0.15) is 11.4 Å². The number of benzene rings is 2. The maximum Gasteiger partial charge on any atom is 0.326 e. The van der Waals surface area contributed by atoms with Crippen molar-refractivity contribution in [2.45, 2.75) is 37.4 Å². The molecule has 0 aliphatic heterocycles. The molecule has 0 saturated carbocycles. The van der Waals surface area contributed by atoms with E-state index in [1.807, 2.05) is 37.3 Å². The molecule has 1 aromatic heterocycles. The fourth-order valence-electron chi connectivity index (χ4n) is 4.00. The van der Waals surface area contributed by atoms with Crippen LogP contribution in [0.2, 0.25) is 0 Å². The van der Waals surface area contributed by atoms with Crippen LogP contribution in [0, 0.1) is 12.7 Å². The van der Waals surface area contributed by atoms with E-state index < -0.39 is 30.6 Å². The van der Waals surface area contributed by atoms with Gasteiger partial charge in [-0.1, -0.05) is 67.6 Å². The molecule has 34 heavy (non-hydrogen) atoms. The van der Waals surface area contributed by atoms with Crippen LogP contribution in [0.3, 0.4) is 0 Å². The van der Waals surface area contributed by atoms with E-state index in [0.717, 1.165) is 17.2 Å². The molecule has 2 aromatic carbocycles. The van der Waals surface area contributed by atoms with Crippen molar-refractivity contribution in [2.75, 3.05) is 0 Å². The molecule has 3 unspecified atom stereocenters. The normalized spacial score (nSPS) is 16.0. The molecular formula is C26H27FNO5P. The van der Waals surface area contributed by atoms with Gasteiger partial charge in [0.2, 0.25) is 8.03 Å². The zero-order chi connectivity index (χ0) is 24.9. The third kappa shape index (κ3) is 4.73. The van der Waals surface area contributed by atoms with Crippen LogP contribution in [-0.2, 0) is 21.4 Å². The van der Waals surface area contributed by atoms with E-state index >= 15 is 0 Å². The van der Waals surface area contributed by atoms with Gasteiger partial charge in [-0.25, -0.2) is 9.37 Å². The van der Waals surface area contributed by atoms with E-state index in [0.29, 0.717) is 17.7 Å². The Morgan fingerprint density at radius 2 is 1.74 bits per heavy atom. The Morgan fingerprint density at radius 3 is 2.29 bits per heavy atom. The summed E-state index contributed by atoms with van der Waals surface area (Å²) in [6, 6.07) is 17.5. The Labute approximate surface area is 198 Å². The highest BCUT2D eigenvalue weighted by atomic mass is 31.1. The number of halogens is 1. The molecule has 3 atom stereocenters. The third-order valence-electron chi connectivity index (χ3n) is 5.87. The Kier molecular flexibility index (Phi) is 7.82. The van der Waals surface area contributed by atoms with Crippen molar-refractivity contribution in [2.24, 2.45) is 0 Å². The Balaban J connectivity index is 2.33. The molecule has 178 valence electrons. The lowest BCUT2D eigenvalue weighted by Crippen LogP contribution is -2.55. The Hall–Kier alpha value is -3.12. The summed E-state index contributed by atoms with van der Waals surface area (Å²) < 4.78 is 26.3. The number of carboxylic acids is 1. The summed E-state index contributed by atoms with van der Waals surface area (Å²) in [5, 5.41) is 19.8. The van der Waals surface area contributed by atoms with E-state index in [1.165, 1.54) is 36.4 Å². The minimum atomic E-state index is -3.92. The maximum absolute atomic E-state index is 13.5. The van der Waals surface area contributed by atoms with Crippen molar-refractivity contribution in [1.82, 2.24) is 4.98 Å². The monoisotopic (exact) mass is 483 g/mol. The lowest BCUT2D eigenvalue weighted by Gasteiger charge is -2.40. The summed E-state index contributed by atoms with van der Waals surface area (Å²) in [5.74, 6) is -2.16. The number of aryl methyl sites for hydroxylation is 1. The van der Waals surface area contributed by atoms with E-state index in [4.69, 9.17) is 0 Å². The molecule has 6 nitrogen and oxygen atoms in total. The van der Waals surface area contributed by atoms with Gasteiger partial charge in [-0.2, -0.15) is 0 Å². The predicted molar refractivity (Wildman–Crippen MR) is 129 cm³/mol. The molecule has 3 aromatic rings. The van der Waals surface area contributed by atoms with Crippen molar-refractivity contribution in [3.8, 4) is 11.3 Å². The summed E-state index contributed by atoms with van der Waals surface area (Å²) >= 11 is 0. The third-order valence-corrected chi connectivity index (χ3v) is 7.34. The van der Waals surface area contributed by atoms with Crippen molar-refractivity contribution in [1.29, 1.82) is 0 Å². The predicted octanol–water partition coefficient (Wildman–Crippen LogP) is 4.88. The number of aliphatic hydroxyl groups is 1. The van der Waals surface area contributed by atoms with Crippen LogP contribution >= 0.6 is 8.03 Å². The quantitative estimate of drug-likeness (QED) is 0.296. The molecule has 0 saturated heterocycles. The first-order valence-electron chi connectivity index (χ1n) is 10.8. The van der Waals surface area contributed by atoms with Gasteiger partial charge in [0, 0.05) is 12.0 Å². The molecule has 0 amide bonds. The molecular weight excluding hydrogens is 456 g/mol. The minimum Gasteiger partial charge on any atom is -0.480 e. The van der Waals surface area contributed by atoms with Gasteiger partial charge in [-0.3, -0.25) is 9.36 Å². The average molecular weight is 483 g/mol. The molecule has 0 aliphatic carbocycles. The van der Waals surface area contributed by atoms with Crippen LogP contribution < -0.4 is 0 Å². The first kappa shape index (κ1) is 25.5. The minimum absolute atomic E-state index is 0.0724. The van der Waals surface area contributed by atoms with Crippen molar-refractivity contribution in [3.63, 3.8) is 0 Å². The van der Waals surface area contributed by atoms with E-state index in [9.17, 15) is 28.9 Å². The van der Waals surface area contributed by atoms with Crippen LogP contribution in [0.5, 0.6) is 0 Å². The molecule has 0 radical (unpaired) electrons. The zero-order valence-electron chi connectivity index (χ0n) is 18.9. The Bertz CT molecular complexity index is 1200. The number of aliphatic carboxylic acids is 1. The zero-order valence-corrected chi connectivity index (χ0v) is 19.9. The first-order valence-corrected chi connectivity index (χ1v) is 12.2. The second-order valence-electron chi connectivity index (χ2n) is 8.12. The molecule has 8 heteroatoms. The molecule has 3 N–H and O–H groups in total. The molecule has 0 spiro atoms. The lowest BCUT2D eigenvalue weighted by atomic mass is 9.77. The number of rotatable bonds is 9. The van der Waals surface area contributed by atoms with E-state index in [2.05, 4.69) is 4.98 Å². The number of hydrogen-bond donors (Lipinski definition) is 3. The lowest BCUT2D eigenvalue weighted by molar-refractivity contribution is -0.147. The fraction of sp³-hybridized carbons (Fsp3) is 0.231. The largest absolute Gasteiger partial charge is 0.480 e. The Morgan fingerprint density at radius 1 is 1.09 bits per heavy atom. The van der Waals surface area contributed by atoms with E-state index in [-0.39, 0.29) is 12.1 Å². The molecule has 0 fully saturated rings. The van der Waals surface area contributed by atoms with Crippen LogP contribution in [0.4, 0.5) is 4.39 Å². The van der Waals surface area contributed by atoms with Gasteiger partial charge < -0.3 is 15.1 Å². The van der Waals surface area contributed by atoms with Gasteiger partial charge in [0.15, 0.2) is 5.16 Å². The highest BCUT2D eigenvalue weighted by molar-refractivity contribution is 7.42. The fourth-order valence-corrected chi connectivity index (χ4v) is 5.01. The summed E-state index contributed by atoms with van der Waals surface area (Å²) in [5.41, 5.74) is -0.0896. The van der Waals surface area contributed by atoms with Crippen molar-refractivity contribution >= 4 is 14.0 Å². The average Bonchev–Trinajstić information content (AvgIpc) is 2.81. The number of hydrogen-bond acceptors (Lipinski definition) is 4. The first-order chi connectivity index (χ1) is 16.2. The number of allylic oxidation sites excluding steroid dienone is 1. The number of carbonyl (C=O) groups is 1. The summed E-state index contributed by atoms with van der Waals surface area (Å²) in [6.07, 6.45) is 2.53. The molecule has 1 heterocycles. The summed E-state index contributed by atoms with van der Waals surface area (Å²) in [7, 11) is -3.92. The van der Waals surface area contributed by atoms with Crippen LogP contribution in [0.25, 0.3) is 11.3 Å². The maximum atomic E-state index is 13.5. The number of pyridine rings is 1. The van der Waals surface area contributed by atoms with Gasteiger partial charge in [-0.05, 0) is 42.7 Å². The summed E-state index contributed by atoms with van der Waals surface area (Å²) in [6.45, 7) is 3.57. The van der Waals surface area contributed by atoms with Gasteiger partial charge >= 0.3 is 5.97 Å². The highest BCUT2D eigenvalue weighted by Crippen LogP contribution is 2.52. The second-order valence-corrected chi connectivity index (χ2v) is 9.52. The van der Waals surface area contributed by atoms with Gasteiger partial charge in [0.05, 0.1) is 11.4 Å². The van der Waals surface area contributed by atoms with Crippen LogP contribution in [-0.4, -0.2) is 31.2 Å². The molecule has 0 bridgehead atoms. The standard InChI is InChI=1S/C26H27FNO5P/c1-3-4-16-26(24(29)30,34(32)33)25(31,17-19-11-13-21(27)14-12-19)22-15-10-18(2)23(28-22)20-8-6-5-7-9-20/h4-16,31,34H,3,17H2,1-2H3,(H,29,30)(H,32,33). The van der Waals surface area contributed by atoms with Crippen molar-refractivity contribution < 1.29 is 28.9 Å². The number of aromatic nitrogens is 1. The van der Waals surface area contributed by atoms with Crippen LogP contribution in [0.1, 0.15) is 30.2 Å².